The lowest BCUT2D eigenvalue weighted by atomic mass is 10.0. The zero-order valence-corrected chi connectivity index (χ0v) is 17.3. The van der Waals surface area contributed by atoms with Gasteiger partial charge >= 0.3 is 0 Å². The molecule has 0 radical (unpaired) electrons. The Morgan fingerprint density at radius 3 is 2.66 bits per heavy atom. The summed E-state index contributed by atoms with van der Waals surface area (Å²) < 4.78 is 16.5. The molecule has 0 amide bonds. The number of aromatic nitrogens is 3. The van der Waals surface area contributed by atoms with Gasteiger partial charge in [-0.25, -0.2) is 9.97 Å². The molecule has 1 aliphatic rings. The van der Waals surface area contributed by atoms with Crippen LogP contribution in [-0.2, 0) is 11.2 Å². The maximum Gasteiger partial charge on any atom is 0.278 e. The van der Waals surface area contributed by atoms with Crippen LogP contribution in [0.5, 0.6) is 11.5 Å². The molecule has 152 valence electrons. The molecule has 3 heterocycles. The van der Waals surface area contributed by atoms with Crippen molar-refractivity contribution >= 4 is 16.9 Å². The molecule has 0 atom stereocenters. The van der Waals surface area contributed by atoms with Gasteiger partial charge in [0.1, 0.15) is 0 Å². The van der Waals surface area contributed by atoms with Gasteiger partial charge in [0.25, 0.3) is 5.90 Å². The van der Waals surface area contributed by atoms with E-state index in [9.17, 15) is 0 Å². The summed E-state index contributed by atoms with van der Waals surface area (Å²) in [5.74, 6) is 2.32. The van der Waals surface area contributed by atoms with Crippen molar-refractivity contribution in [2.45, 2.75) is 33.2 Å². The van der Waals surface area contributed by atoms with E-state index in [4.69, 9.17) is 19.2 Å². The van der Waals surface area contributed by atoms with Gasteiger partial charge < -0.3 is 19.2 Å². The molecule has 4 rings (SSSR count). The predicted molar refractivity (Wildman–Crippen MR) is 111 cm³/mol. The molecule has 0 spiro atoms. The fourth-order valence-electron chi connectivity index (χ4n) is 3.39. The number of H-pyrrole nitrogens is 1. The Bertz CT molecular complexity index is 1070. The fourth-order valence-corrected chi connectivity index (χ4v) is 3.39. The summed E-state index contributed by atoms with van der Waals surface area (Å²) in [6.45, 7) is 6.66. The first-order valence-electron chi connectivity index (χ1n) is 9.64. The second-order valence-corrected chi connectivity index (χ2v) is 7.07. The van der Waals surface area contributed by atoms with Crippen LogP contribution in [0.25, 0.3) is 22.3 Å². The van der Waals surface area contributed by atoms with Crippen LogP contribution in [0.15, 0.2) is 29.5 Å². The molecule has 0 saturated carbocycles. The number of nitrogens with one attached hydrogen (secondary N) is 1. The first-order chi connectivity index (χ1) is 14.0. The fraction of sp³-hybridized carbons (Fsp3) is 0.381. The van der Waals surface area contributed by atoms with E-state index in [0.717, 1.165) is 34.3 Å². The minimum atomic E-state index is 0.256. The van der Waals surface area contributed by atoms with E-state index in [2.05, 4.69) is 35.8 Å². The number of ether oxygens (including phenoxy) is 3. The topological polar surface area (TPSA) is 84.9 Å². The highest BCUT2D eigenvalue weighted by Gasteiger charge is 2.23. The van der Waals surface area contributed by atoms with Gasteiger partial charge in [-0.15, -0.1) is 5.10 Å². The Kier molecular flexibility index (Phi) is 5.00. The molecule has 3 aromatic rings. The van der Waals surface area contributed by atoms with E-state index in [-0.39, 0.29) is 6.04 Å². The smallest absolute Gasteiger partial charge is 0.278 e. The monoisotopic (exact) mass is 395 g/mol. The number of rotatable bonds is 6. The number of benzene rings is 1. The molecular formula is C21H25N5O3. The van der Waals surface area contributed by atoms with Gasteiger partial charge in [-0.1, -0.05) is 6.92 Å². The number of hydrazone groups is 1. The van der Waals surface area contributed by atoms with E-state index in [1.165, 1.54) is 0 Å². The van der Waals surface area contributed by atoms with E-state index in [1.807, 2.05) is 23.2 Å². The standard InChI is InChI=1S/C21H25N5O3/c1-6-14-18(13-7-8-16(27-4)17(9-13)28-5)23-15-10-22-20(24-19(14)15)21-25-26(11-29-21)12(2)3/h7-10,12,23H,6,11H2,1-5H3. The van der Waals surface area contributed by atoms with Crippen molar-refractivity contribution in [3.63, 3.8) is 0 Å². The van der Waals surface area contributed by atoms with Crippen molar-refractivity contribution < 1.29 is 14.2 Å². The van der Waals surface area contributed by atoms with E-state index < -0.39 is 0 Å². The Hall–Kier alpha value is -3.29. The number of aryl methyl sites for hydroxylation is 1. The van der Waals surface area contributed by atoms with Gasteiger partial charge in [0.15, 0.2) is 18.2 Å². The van der Waals surface area contributed by atoms with Crippen LogP contribution in [0, 0.1) is 0 Å². The maximum absolute atomic E-state index is 5.69. The summed E-state index contributed by atoms with van der Waals surface area (Å²) in [5, 5.41) is 6.36. The van der Waals surface area contributed by atoms with Crippen molar-refractivity contribution in [2.75, 3.05) is 21.0 Å². The van der Waals surface area contributed by atoms with Gasteiger partial charge in [0, 0.05) is 17.2 Å². The van der Waals surface area contributed by atoms with Gasteiger partial charge in [-0.2, -0.15) is 0 Å². The van der Waals surface area contributed by atoms with Gasteiger partial charge in [-0.3, -0.25) is 5.01 Å². The summed E-state index contributed by atoms with van der Waals surface area (Å²) in [5.41, 5.74) is 4.84. The van der Waals surface area contributed by atoms with Crippen molar-refractivity contribution in [1.29, 1.82) is 0 Å². The van der Waals surface area contributed by atoms with Crippen molar-refractivity contribution in [1.82, 2.24) is 20.0 Å². The van der Waals surface area contributed by atoms with E-state index in [1.54, 1.807) is 20.4 Å². The zero-order valence-electron chi connectivity index (χ0n) is 17.3. The summed E-state index contributed by atoms with van der Waals surface area (Å²) >= 11 is 0. The first-order valence-corrected chi connectivity index (χ1v) is 9.64. The molecule has 29 heavy (non-hydrogen) atoms. The molecule has 0 fully saturated rings. The van der Waals surface area contributed by atoms with Crippen molar-refractivity contribution in [2.24, 2.45) is 5.10 Å². The molecule has 1 aliphatic heterocycles. The van der Waals surface area contributed by atoms with Gasteiger partial charge in [0.05, 0.1) is 37.1 Å². The van der Waals surface area contributed by atoms with Crippen LogP contribution >= 0.6 is 0 Å². The maximum atomic E-state index is 5.69. The largest absolute Gasteiger partial charge is 0.493 e. The SMILES string of the molecule is CCc1c(-c2ccc(OC)c(OC)c2)[nH]c2cnc(C3=NN(C(C)C)CO3)nc12. The van der Waals surface area contributed by atoms with Crippen LogP contribution in [-0.4, -0.2) is 52.9 Å². The summed E-state index contributed by atoms with van der Waals surface area (Å²) in [4.78, 5) is 12.7. The van der Waals surface area contributed by atoms with Crippen molar-refractivity contribution in [3.05, 3.63) is 35.8 Å². The van der Waals surface area contributed by atoms with Crippen LogP contribution in [0.4, 0.5) is 0 Å². The normalized spacial score (nSPS) is 13.7. The lowest BCUT2D eigenvalue weighted by Gasteiger charge is -2.14. The first kappa shape index (κ1) is 19.0. The molecule has 1 aromatic carbocycles. The van der Waals surface area contributed by atoms with Crippen LogP contribution < -0.4 is 9.47 Å². The third-order valence-electron chi connectivity index (χ3n) is 5.00. The highest BCUT2D eigenvalue weighted by atomic mass is 16.5. The third-order valence-corrected chi connectivity index (χ3v) is 5.00. The number of fused-ring (bicyclic) bond motifs is 1. The third kappa shape index (κ3) is 3.35. The molecule has 2 aromatic heterocycles. The van der Waals surface area contributed by atoms with Crippen molar-refractivity contribution in [3.8, 4) is 22.8 Å². The Labute approximate surface area is 169 Å². The number of hydrogen-bond acceptors (Lipinski definition) is 7. The highest BCUT2D eigenvalue weighted by molar-refractivity contribution is 5.94. The summed E-state index contributed by atoms with van der Waals surface area (Å²) in [6, 6.07) is 6.12. The molecule has 0 unspecified atom stereocenters. The Morgan fingerprint density at radius 1 is 1.21 bits per heavy atom. The number of methoxy groups -OCH3 is 2. The zero-order chi connectivity index (χ0) is 20.5. The molecule has 1 N–H and O–H groups in total. The average Bonchev–Trinajstić information content (AvgIpc) is 3.37. The summed E-state index contributed by atoms with van der Waals surface area (Å²) in [7, 11) is 3.26. The molecule has 0 saturated heterocycles. The second-order valence-electron chi connectivity index (χ2n) is 7.07. The van der Waals surface area contributed by atoms with Crippen LogP contribution in [0.3, 0.4) is 0 Å². The highest BCUT2D eigenvalue weighted by Crippen LogP contribution is 2.35. The van der Waals surface area contributed by atoms with E-state index >= 15 is 0 Å². The Morgan fingerprint density at radius 2 is 2.00 bits per heavy atom. The van der Waals surface area contributed by atoms with Gasteiger partial charge in [0.2, 0.25) is 5.82 Å². The quantitative estimate of drug-likeness (QED) is 0.687. The minimum Gasteiger partial charge on any atom is -0.493 e. The van der Waals surface area contributed by atoms with E-state index in [0.29, 0.717) is 30.0 Å². The Balaban J connectivity index is 1.79. The molecule has 8 heteroatoms. The predicted octanol–water partition coefficient (Wildman–Crippen LogP) is 3.56. The lowest BCUT2D eigenvalue weighted by Crippen LogP contribution is -2.22. The molecular weight excluding hydrogens is 370 g/mol. The number of aromatic amines is 1. The number of nitrogens with zero attached hydrogens (tertiary/aromatic N) is 4. The molecule has 8 nitrogen and oxygen atoms in total. The van der Waals surface area contributed by atoms with Crippen LogP contribution in [0.1, 0.15) is 32.2 Å². The minimum absolute atomic E-state index is 0.256. The summed E-state index contributed by atoms with van der Waals surface area (Å²) in [6.07, 6.45) is 2.59. The van der Waals surface area contributed by atoms with Crippen LogP contribution in [0.2, 0.25) is 0 Å². The van der Waals surface area contributed by atoms with Gasteiger partial charge in [-0.05, 0) is 38.5 Å². The second kappa shape index (κ2) is 7.62. The molecule has 0 aliphatic carbocycles. The lowest BCUT2D eigenvalue weighted by molar-refractivity contribution is 0.138. The number of hydrogen-bond donors (Lipinski definition) is 1. The average molecular weight is 395 g/mol. The molecule has 0 bridgehead atoms.